The number of nitrogens with zero attached hydrogens (tertiary/aromatic N) is 5. The third-order valence-electron chi connectivity index (χ3n) is 10.9. The van der Waals surface area contributed by atoms with Crippen LogP contribution in [0.4, 0.5) is 13.2 Å². The molecule has 1 amide bonds. The van der Waals surface area contributed by atoms with Crippen LogP contribution in [-0.2, 0) is 48.2 Å². The van der Waals surface area contributed by atoms with Crippen LogP contribution in [0.1, 0.15) is 78.4 Å². The van der Waals surface area contributed by atoms with E-state index in [1.54, 1.807) is 31.2 Å². The Morgan fingerprint density at radius 1 is 1.09 bits per heavy atom. The number of rotatable bonds is 14. The van der Waals surface area contributed by atoms with Crippen molar-refractivity contribution in [2.45, 2.75) is 82.5 Å². The molecule has 2 aliphatic heterocycles. The number of aromatic nitrogens is 4. The predicted octanol–water partition coefficient (Wildman–Crippen LogP) is 4.16. The molecule has 1 atom stereocenters. The van der Waals surface area contributed by atoms with Crippen molar-refractivity contribution in [3.63, 3.8) is 0 Å². The fraction of sp³-hybridized carbons (Fsp3) is 0.513. The maximum absolute atomic E-state index is 14.6. The Kier molecular flexibility index (Phi) is 12.5. The Bertz CT molecular complexity index is 2280. The highest BCUT2D eigenvalue weighted by Crippen LogP contribution is 2.45. The number of nitrogens with two attached hydrogens (primary N) is 1. The maximum Gasteiger partial charge on any atom is 0.452 e. The summed E-state index contributed by atoms with van der Waals surface area (Å²) in [4.78, 5) is 29.8. The number of aryl methyl sites for hydroxylation is 3. The zero-order valence-corrected chi connectivity index (χ0v) is 33.6. The Labute approximate surface area is 334 Å². The molecule has 3 aromatic heterocycles. The molecular formula is C39H48F3N7O8S. The molecule has 1 aromatic carbocycles. The van der Waals surface area contributed by atoms with Crippen molar-refractivity contribution in [3.8, 4) is 5.88 Å². The number of carboxylic acid groups (broad SMARTS) is 1. The van der Waals surface area contributed by atoms with E-state index in [0.717, 1.165) is 9.96 Å². The van der Waals surface area contributed by atoms with E-state index in [1.807, 2.05) is 6.92 Å². The molecule has 4 aromatic rings. The Morgan fingerprint density at radius 3 is 2.52 bits per heavy atom. The standard InChI is InChI=1S/C39H48F3N7O8S/c1-24-5-6-26(32(37(3,4)36(51)52)29-11-16-49-33(25(29)2)46-47-35(49)39(40,41)42)21-27(24)22-48-23-38(12-17-55-18-13-38)57-34-30(58(48,53)54)9-7-28(45-34)8-10-31(50)44-15-20-56-19-14-43/h5-7,9,11,16,21,32H,8,10,12-15,17-20,22-23,43H2,1-4H3,(H,44,50)(H,51,52)/t32-/m0/s1. The first-order valence-corrected chi connectivity index (χ1v) is 20.4. The number of carbonyl (C=O) groups excluding carboxylic acids is 1. The minimum Gasteiger partial charge on any atom is -0.481 e. The molecule has 4 N–H and O–H groups in total. The van der Waals surface area contributed by atoms with Crippen LogP contribution in [0.2, 0.25) is 0 Å². The predicted molar refractivity (Wildman–Crippen MR) is 204 cm³/mol. The average molecular weight is 832 g/mol. The fourth-order valence-electron chi connectivity index (χ4n) is 7.52. The minimum atomic E-state index is -4.77. The summed E-state index contributed by atoms with van der Waals surface area (Å²) < 4.78 is 89.9. The summed E-state index contributed by atoms with van der Waals surface area (Å²) in [6, 6.07) is 9.74. The third kappa shape index (κ3) is 8.83. The largest absolute Gasteiger partial charge is 0.481 e. The first-order chi connectivity index (χ1) is 27.4. The van der Waals surface area contributed by atoms with E-state index in [9.17, 15) is 36.3 Å². The van der Waals surface area contributed by atoms with Gasteiger partial charge < -0.3 is 30.4 Å². The van der Waals surface area contributed by atoms with Gasteiger partial charge in [0.1, 0.15) is 10.5 Å². The van der Waals surface area contributed by atoms with Crippen molar-refractivity contribution < 1.29 is 50.5 Å². The number of pyridine rings is 2. The van der Waals surface area contributed by atoms with E-state index in [1.165, 1.54) is 36.5 Å². The highest BCUT2D eigenvalue weighted by Gasteiger charge is 2.46. The monoisotopic (exact) mass is 831 g/mol. The maximum atomic E-state index is 14.6. The van der Waals surface area contributed by atoms with Gasteiger partial charge in [-0.3, -0.25) is 14.0 Å². The Morgan fingerprint density at radius 2 is 1.83 bits per heavy atom. The van der Waals surface area contributed by atoms with Gasteiger partial charge in [0.25, 0.3) is 0 Å². The quantitative estimate of drug-likeness (QED) is 0.154. The second kappa shape index (κ2) is 16.9. The summed E-state index contributed by atoms with van der Waals surface area (Å²) in [7, 11) is -4.25. The molecule has 15 nitrogen and oxygen atoms in total. The number of nitrogens with one attached hydrogen (secondary N) is 1. The summed E-state index contributed by atoms with van der Waals surface area (Å²) in [6.07, 6.45) is -2.47. The highest BCUT2D eigenvalue weighted by atomic mass is 32.2. The molecule has 0 unspecified atom stereocenters. The van der Waals surface area contributed by atoms with Crippen LogP contribution in [0, 0.1) is 19.3 Å². The summed E-state index contributed by atoms with van der Waals surface area (Å²) in [5.74, 6) is -3.53. The van der Waals surface area contributed by atoms with E-state index in [4.69, 9.17) is 19.9 Å². The Balaban J connectivity index is 1.34. The first-order valence-electron chi connectivity index (χ1n) is 18.9. The Hall–Kier alpha value is -4.69. The number of carboxylic acids is 1. The lowest BCUT2D eigenvalue weighted by molar-refractivity contribution is -0.147. The van der Waals surface area contributed by atoms with Crippen LogP contribution >= 0.6 is 0 Å². The van der Waals surface area contributed by atoms with Gasteiger partial charge in [-0.1, -0.05) is 18.2 Å². The minimum absolute atomic E-state index is 0.0308. The lowest BCUT2D eigenvalue weighted by Gasteiger charge is -2.38. The van der Waals surface area contributed by atoms with Gasteiger partial charge in [0.15, 0.2) is 5.65 Å². The molecular weight excluding hydrogens is 784 g/mol. The van der Waals surface area contributed by atoms with Crippen LogP contribution in [-0.4, -0.2) is 101 Å². The molecule has 19 heteroatoms. The van der Waals surface area contributed by atoms with Crippen LogP contribution in [0.3, 0.4) is 0 Å². The molecule has 314 valence electrons. The number of halogens is 3. The number of aliphatic carboxylic acids is 1. The van der Waals surface area contributed by atoms with Gasteiger partial charge in [-0.2, -0.15) is 17.5 Å². The highest BCUT2D eigenvalue weighted by molar-refractivity contribution is 7.89. The van der Waals surface area contributed by atoms with E-state index in [0.29, 0.717) is 80.3 Å². The number of sulfonamides is 1. The zero-order valence-electron chi connectivity index (χ0n) is 32.8. The number of hydrogen-bond acceptors (Lipinski definition) is 11. The number of alkyl halides is 3. The number of fused-ring (bicyclic) bond motifs is 2. The average Bonchev–Trinajstić information content (AvgIpc) is 3.59. The topological polar surface area (TPSA) is 201 Å². The van der Waals surface area contributed by atoms with E-state index in [-0.39, 0.29) is 48.3 Å². The molecule has 0 radical (unpaired) electrons. The lowest BCUT2D eigenvalue weighted by Crippen LogP contribution is -2.50. The van der Waals surface area contributed by atoms with Gasteiger partial charge in [-0.05, 0) is 80.1 Å². The second-order valence-electron chi connectivity index (χ2n) is 15.3. The lowest BCUT2D eigenvalue weighted by atomic mass is 9.70. The van der Waals surface area contributed by atoms with Gasteiger partial charge in [0, 0.05) is 56.7 Å². The summed E-state index contributed by atoms with van der Waals surface area (Å²) in [6.45, 7) is 8.40. The molecule has 0 bridgehead atoms. The van der Waals surface area contributed by atoms with Gasteiger partial charge in [-0.25, -0.2) is 13.4 Å². The van der Waals surface area contributed by atoms with Gasteiger partial charge in [-0.15, -0.1) is 10.2 Å². The van der Waals surface area contributed by atoms with Gasteiger partial charge >= 0.3 is 12.1 Å². The number of hydrogen-bond donors (Lipinski definition) is 3. The van der Waals surface area contributed by atoms with Crippen LogP contribution in [0.25, 0.3) is 5.65 Å². The number of amides is 1. The second-order valence-corrected chi connectivity index (χ2v) is 17.2. The van der Waals surface area contributed by atoms with E-state index in [2.05, 4.69) is 20.5 Å². The smallest absolute Gasteiger partial charge is 0.452 e. The molecule has 6 rings (SSSR count). The van der Waals surface area contributed by atoms with Crippen LogP contribution < -0.4 is 15.8 Å². The molecule has 5 heterocycles. The molecule has 1 saturated heterocycles. The molecule has 58 heavy (non-hydrogen) atoms. The number of benzene rings is 1. The zero-order chi connectivity index (χ0) is 42.0. The normalized spacial score (nSPS) is 17.4. The van der Waals surface area contributed by atoms with Crippen LogP contribution in [0.15, 0.2) is 47.5 Å². The van der Waals surface area contributed by atoms with E-state index < -0.39 is 44.9 Å². The first kappa shape index (κ1) is 42.9. The third-order valence-corrected chi connectivity index (χ3v) is 12.7. The fourth-order valence-corrected chi connectivity index (χ4v) is 9.06. The number of ether oxygens (including phenoxy) is 3. The number of carbonyl (C=O) groups is 2. The van der Waals surface area contributed by atoms with Crippen molar-refractivity contribution in [1.82, 2.24) is 29.2 Å². The van der Waals surface area contributed by atoms with Crippen molar-refractivity contribution in [3.05, 3.63) is 81.9 Å². The molecule has 0 saturated carbocycles. The van der Waals surface area contributed by atoms with Crippen LogP contribution in [0.5, 0.6) is 5.88 Å². The van der Waals surface area contributed by atoms with Gasteiger partial charge in [0.05, 0.1) is 38.4 Å². The summed E-state index contributed by atoms with van der Waals surface area (Å²) in [5, 5.41) is 20.4. The van der Waals surface area contributed by atoms with Crippen molar-refractivity contribution >= 4 is 27.5 Å². The van der Waals surface area contributed by atoms with Crippen molar-refractivity contribution in [2.75, 3.05) is 46.1 Å². The SMILES string of the molecule is Cc1ccc([C@@H](c2ccn3c(C(F)(F)F)nnc3c2C)C(C)(C)C(=O)O)cc1CN1CC2(CCOCC2)Oc2nc(CCC(=O)NCCOCCN)ccc2S1(=O)=O. The summed E-state index contributed by atoms with van der Waals surface area (Å²) in [5.41, 5.74) is 5.93. The van der Waals surface area contributed by atoms with Crippen molar-refractivity contribution in [2.24, 2.45) is 11.1 Å². The molecule has 2 aliphatic rings. The van der Waals surface area contributed by atoms with Crippen molar-refractivity contribution in [1.29, 1.82) is 0 Å². The molecule has 1 spiro atoms. The molecule has 1 fully saturated rings. The molecule has 0 aliphatic carbocycles. The van der Waals surface area contributed by atoms with Gasteiger partial charge in [0.2, 0.25) is 27.6 Å². The van der Waals surface area contributed by atoms with E-state index >= 15 is 0 Å². The summed E-state index contributed by atoms with van der Waals surface area (Å²) >= 11 is 0.